The third-order valence-electron chi connectivity index (χ3n) is 3.79. The average molecular weight is 288 g/mol. The van der Waals surface area contributed by atoms with Crippen LogP contribution in [0.25, 0.3) is 0 Å². The SMILES string of the molecule is CC1Oc2ccc(CNC(=O)/C=C/CN(C)C)cc2C1C. The average Bonchev–Trinajstić information content (AvgIpc) is 2.71. The lowest BCUT2D eigenvalue weighted by Crippen LogP contribution is -2.21. The minimum atomic E-state index is -0.0602. The molecule has 1 N–H and O–H groups in total. The van der Waals surface area contributed by atoms with Crippen LogP contribution >= 0.6 is 0 Å². The van der Waals surface area contributed by atoms with Gasteiger partial charge in [-0.2, -0.15) is 0 Å². The molecule has 1 aliphatic heterocycles. The van der Waals surface area contributed by atoms with Crippen molar-refractivity contribution >= 4 is 5.91 Å². The Kier molecular flexibility index (Phi) is 5.02. The van der Waals surface area contributed by atoms with Gasteiger partial charge in [0.25, 0.3) is 0 Å². The monoisotopic (exact) mass is 288 g/mol. The Morgan fingerprint density at radius 2 is 2.14 bits per heavy atom. The largest absolute Gasteiger partial charge is 0.490 e. The molecule has 1 amide bonds. The van der Waals surface area contributed by atoms with Crippen LogP contribution in [-0.4, -0.2) is 37.6 Å². The van der Waals surface area contributed by atoms with Crippen molar-refractivity contribution in [2.45, 2.75) is 32.4 Å². The molecule has 0 saturated carbocycles. The maximum absolute atomic E-state index is 11.7. The molecule has 0 bridgehead atoms. The van der Waals surface area contributed by atoms with Gasteiger partial charge in [0.2, 0.25) is 5.91 Å². The second-order valence-electron chi connectivity index (χ2n) is 5.87. The Balaban J connectivity index is 1.90. The van der Waals surface area contributed by atoms with E-state index in [4.69, 9.17) is 4.74 Å². The zero-order chi connectivity index (χ0) is 15.4. The van der Waals surface area contributed by atoms with E-state index in [1.165, 1.54) is 5.56 Å². The minimum Gasteiger partial charge on any atom is -0.490 e. The summed E-state index contributed by atoms with van der Waals surface area (Å²) in [4.78, 5) is 13.7. The third kappa shape index (κ3) is 4.08. The molecule has 21 heavy (non-hydrogen) atoms. The molecule has 1 aromatic carbocycles. The van der Waals surface area contributed by atoms with Crippen LogP contribution in [0.1, 0.15) is 30.9 Å². The summed E-state index contributed by atoms with van der Waals surface area (Å²) in [5.74, 6) is 1.31. The highest BCUT2D eigenvalue weighted by atomic mass is 16.5. The van der Waals surface area contributed by atoms with Gasteiger partial charge in [-0.15, -0.1) is 0 Å². The van der Waals surface area contributed by atoms with Gasteiger partial charge < -0.3 is 15.0 Å². The molecule has 0 aromatic heterocycles. The number of rotatable bonds is 5. The van der Waals surface area contributed by atoms with Crippen LogP contribution in [0.4, 0.5) is 0 Å². The Hall–Kier alpha value is -1.81. The summed E-state index contributed by atoms with van der Waals surface area (Å²) in [6, 6.07) is 6.14. The van der Waals surface area contributed by atoms with E-state index < -0.39 is 0 Å². The highest BCUT2D eigenvalue weighted by Gasteiger charge is 2.27. The van der Waals surface area contributed by atoms with Crippen molar-refractivity contribution in [3.05, 3.63) is 41.5 Å². The molecule has 2 unspecified atom stereocenters. The summed E-state index contributed by atoms with van der Waals surface area (Å²) in [5.41, 5.74) is 2.34. The van der Waals surface area contributed by atoms with E-state index in [1.54, 1.807) is 6.08 Å². The molecule has 1 aromatic rings. The van der Waals surface area contributed by atoms with Crippen LogP contribution in [-0.2, 0) is 11.3 Å². The van der Waals surface area contributed by atoms with Crippen LogP contribution in [0.3, 0.4) is 0 Å². The predicted molar refractivity (Wildman–Crippen MR) is 84.5 cm³/mol. The first kappa shape index (κ1) is 15.6. The zero-order valence-electron chi connectivity index (χ0n) is 13.2. The molecule has 2 rings (SSSR count). The maximum atomic E-state index is 11.7. The first-order valence-corrected chi connectivity index (χ1v) is 7.36. The van der Waals surface area contributed by atoms with Crippen molar-refractivity contribution in [1.82, 2.24) is 10.2 Å². The lowest BCUT2D eigenvalue weighted by atomic mass is 9.97. The molecule has 0 fully saturated rings. The summed E-state index contributed by atoms with van der Waals surface area (Å²) < 4.78 is 5.77. The van der Waals surface area contributed by atoms with E-state index in [-0.39, 0.29) is 12.0 Å². The Labute approximate surface area is 126 Å². The Morgan fingerprint density at radius 3 is 2.86 bits per heavy atom. The van der Waals surface area contributed by atoms with Crippen LogP contribution in [0.15, 0.2) is 30.4 Å². The van der Waals surface area contributed by atoms with Crippen molar-refractivity contribution < 1.29 is 9.53 Å². The highest BCUT2D eigenvalue weighted by molar-refractivity contribution is 5.87. The molecule has 2 atom stereocenters. The number of hydrogen-bond acceptors (Lipinski definition) is 3. The maximum Gasteiger partial charge on any atom is 0.243 e. The van der Waals surface area contributed by atoms with Gasteiger partial charge in [0.05, 0.1) is 0 Å². The van der Waals surface area contributed by atoms with Gasteiger partial charge in [-0.25, -0.2) is 0 Å². The van der Waals surface area contributed by atoms with E-state index in [2.05, 4.69) is 25.2 Å². The summed E-state index contributed by atoms with van der Waals surface area (Å²) in [6.45, 7) is 5.56. The fourth-order valence-electron chi connectivity index (χ4n) is 2.34. The molecule has 114 valence electrons. The Bertz CT molecular complexity index is 538. The lowest BCUT2D eigenvalue weighted by Gasteiger charge is -2.08. The number of likely N-dealkylation sites (N-methyl/N-ethyl adjacent to an activating group) is 1. The van der Waals surface area contributed by atoms with E-state index in [1.807, 2.05) is 37.2 Å². The molecular weight excluding hydrogens is 264 g/mol. The van der Waals surface area contributed by atoms with Gasteiger partial charge in [0, 0.05) is 30.6 Å². The number of hydrogen-bond donors (Lipinski definition) is 1. The normalized spacial score (nSPS) is 20.6. The first-order valence-electron chi connectivity index (χ1n) is 7.36. The molecule has 0 spiro atoms. The van der Waals surface area contributed by atoms with Gasteiger partial charge in [-0.1, -0.05) is 19.1 Å². The van der Waals surface area contributed by atoms with Gasteiger partial charge in [0.15, 0.2) is 0 Å². The van der Waals surface area contributed by atoms with E-state index in [9.17, 15) is 4.79 Å². The summed E-state index contributed by atoms with van der Waals surface area (Å²) >= 11 is 0. The molecular formula is C17H24N2O2. The summed E-state index contributed by atoms with van der Waals surface area (Å²) in [5, 5.41) is 2.90. The molecule has 1 heterocycles. The smallest absolute Gasteiger partial charge is 0.243 e. The number of nitrogens with one attached hydrogen (secondary N) is 1. The molecule has 0 saturated heterocycles. The molecule has 0 aliphatic carbocycles. The number of nitrogens with zero attached hydrogens (tertiary/aromatic N) is 1. The second kappa shape index (κ2) is 6.76. The fraction of sp³-hybridized carbons (Fsp3) is 0.471. The number of carbonyl (C=O) groups excluding carboxylic acids is 1. The molecule has 1 aliphatic rings. The number of fused-ring (bicyclic) bond motifs is 1. The van der Waals surface area contributed by atoms with E-state index in [0.29, 0.717) is 12.5 Å². The summed E-state index contributed by atoms with van der Waals surface area (Å²) in [6.07, 6.45) is 3.66. The van der Waals surface area contributed by atoms with Gasteiger partial charge in [-0.3, -0.25) is 4.79 Å². The van der Waals surface area contributed by atoms with E-state index >= 15 is 0 Å². The molecule has 4 nitrogen and oxygen atoms in total. The number of benzene rings is 1. The van der Waals surface area contributed by atoms with Crippen molar-refractivity contribution in [2.75, 3.05) is 20.6 Å². The number of carbonyl (C=O) groups is 1. The predicted octanol–water partition coefficient (Wildman–Crippen LogP) is 2.30. The molecule has 0 radical (unpaired) electrons. The van der Waals surface area contributed by atoms with Gasteiger partial charge in [-0.05, 0) is 38.7 Å². The van der Waals surface area contributed by atoms with Crippen molar-refractivity contribution in [1.29, 1.82) is 0 Å². The van der Waals surface area contributed by atoms with Gasteiger partial charge in [0.1, 0.15) is 11.9 Å². The number of amides is 1. The fourth-order valence-corrected chi connectivity index (χ4v) is 2.34. The van der Waals surface area contributed by atoms with Gasteiger partial charge >= 0.3 is 0 Å². The lowest BCUT2D eigenvalue weighted by molar-refractivity contribution is -0.116. The highest BCUT2D eigenvalue weighted by Crippen LogP contribution is 2.38. The standard InChI is InChI=1S/C17H24N2O2/c1-12-13(2)21-16-8-7-14(10-15(12)16)11-18-17(20)6-5-9-19(3)4/h5-8,10,12-13H,9,11H2,1-4H3,(H,18,20)/b6-5+. The molecule has 4 heteroatoms. The Morgan fingerprint density at radius 1 is 1.38 bits per heavy atom. The van der Waals surface area contributed by atoms with E-state index in [0.717, 1.165) is 17.9 Å². The minimum absolute atomic E-state index is 0.0602. The summed E-state index contributed by atoms with van der Waals surface area (Å²) in [7, 11) is 3.94. The van der Waals surface area contributed by atoms with Crippen molar-refractivity contribution in [2.24, 2.45) is 0 Å². The van der Waals surface area contributed by atoms with Crippen LogP contribution in [0.5, 0.6) is 5.75 Å². The third-order valence-corrected chi connectivity index (χ3v) is 3.79. The van der Waals surface area contributed by atoms with Crippen LogP contribution in [0, 0.1) is 0 Å². The topological polar surface area (TPSA) is 41.6 Å². The van der Waals surface area contributed by atoms with Crippen molar-refractivity contribution in [3.8, 4) is 5.75 Å². The number of ether oxygens (including phenoxy) is 1. The second-order valence-corrected chi connectivity index (χ2v) is 5.87. The van der Waals surface area contributed by atoms with Crippen LogP contribution < -0.4 is 10.1 Å². The quantitative estimate of drug-likeness (QED) is 0.845. The van der Waals surface area contributed by atoms with Crippen LogP contribution in [0.2, 0.25) is 0 Å². The first-order chi connectivity index (χ1) is 9.97. The zero-order valence-corrected chi connectivity index (χ0v) is 13.2. The van der Waals surface area contributed by atoms with Crippen molar-refractivity contribution in [3.63, 3.8) is 0 Å².